The van der Waals surface area contributed by atoms with Crippen molar-refractivity contribution in [1.29, 1.82) is 0 Å². The van der Waals surface area contributed by atoms with Gasteiger partial charge in [0.1, 0.15) is 6.04 Å². The van der Waals surface area contributed by atoms with Crippen LogP contribution in [0.15, 0.2) is 0 Å². The molecule has 1 saturated heterocycles. The van der Waals surface area contributed by atoms with Crippen LogP contribution in [0.25, 0.3) is 0 Å². The van der Waals surface area contributed by atoms with E-state index in [4.69, 9.17) is 9.57 Å². The number of carbonyl (C=O) groups is 2. The van der Waals surface area contributed by atoms with Gasteiger partial charge in [-0.2, -0.15) is 0 Å². The Morgan fingerprint density at radius 2 is 2.00 bits per heavy atom. The topological polar surface area (TPSA) is 62.3 Å². The van der Waals surface area contributed by atoms with Crippen molar-refractivity contribution in [2.75, 3.05) is 47.4 Å². The summed E-state index contributed by atoms with van der Waals surface area (Å²) in [4.78, 5) is 32.8. The molecule has 7 nitrogen and oxygen atoms in total. The summed E-state index contributed by atoms with van der Waals surface area (Å²) < 4.78 is 5.23. The molecule has 1 aliphatic heterocycles. The Kier molecular flexibility index (Phi) is 6.22. The first kappa shape index (κ1) is 16.7. The van der Waals surface area contributed by atoms with E-state index in [0.29, 0.717) is 19.7 Å². The first-order valence-electron chi connectivity index (χ1n) is 6.80. The molecule has 0 aromatic heterocycles. The maximum absolute atomic E-state index is 12.3. The van der Waals surface area contributed by atoms with Crippen LogP contribution in [-0.4, -0.2) is 80.4 Å². The van der Waals surface area contributed by atoms with Crippen LogP contribution >= 0.6 is 0 Å². The molecule has 1 fully saturated rings. The van der Waals surface area contributed by atoms with Gasteiger partial charge in [-0.25, -0.2) is 9.86 Å². The molecule has 0 radical (unpaired) electrons. The molecule has 0 aromatic carbocycles. The Bertz CT molecular complexity index is 349. The van der Waals surface area contributed by atoms with E-state index in [2.05, 4.69) is 0 Å². The van der Waals surface area contributed by atoms with Crippen LogP contribution < -0.4 is 0 Å². The number of carbonyl (C=O) groups excluding carboxylic acids is 2. The summed E-state index contributed by atoms with van der Waals surface area (Å²) in [5, 5.41) is 1.15. The second-order valence-electron chi connectivity index (χ2n) is 5.46. The van der Waals surface area contributed by atoms with Crippen molar-refractivity contribution in [2.45, 2.75) is 19.9 Å². The third kappa shape index (κ3) is 4.35. The molecule has 1 atom stereocenters. The Hall–Kier alpha value is -1.34. The minimum Gasteiger partial charge on any atom is -0.449 e. The van der Waals surface area contributed by atoms with Crippen molar-refractivity contribution in [3.63, 3.8) is 0 Å². The lowest BCUT2D eigenvalue weighted by Gasteiger charge is -2.39. The lowest BCUT2D eigenvalue weighted by Crippen LogP contribution is -2.60. The average molecular weight is 287 g/mol. The number of likely N-dealkylation sites (N-methyl/N-ethyl adjacent to an activating group) is 2. The number of rotatable bonds is 4. The van der Waals surface area contributed by atoms with E-state index in [1.807, 2.05) is 25.8 Å². The minimum absolute atomic E-state index is 0.249. The van der Waals surface area contributed by atoms with E-state index in [9.17, 15) is 9.59 Å². The minimum atomic E-state index is -0.571. The third-order valence-electron chi connectivity index (χ3n) is 3.23. The van der Waals surface area contributed by atoms with Crippen LogP contribution in [-0.2, 0) is 14.4 Å². The largest absolute Gasteiger partial charge is 0.449 e. The molecule has 0 bridgehead atoms. The maximum Gasteiger partial charge on any atom is 0.410 e. The molecular formula is C13H25N3O4. The number of piperazine rings is 1. The van der Waals surface area contributed by atoms with Gasteiger partial charge in [0, 0.05) is 26.7 Å². The maximum atomic E-state index is 12.3. The van der Waals surface area contributed by atoms with Gasteiger partial charge in [-0.05, 0) is 13.0 Å². The molecule has 2 amide bonds. The van der Waals surface area contributed by atoms with Gasteiger partial charge in [0.25, 0.3) is 5.91 Å². The molecule has 1 heterocycles. The zero-order chi connectivity index (χ0) is 15.3. The molecule has 0 unspecified atom stereocenters. The summed E-state index contributed by atoms with van der Waals surface area (Å²) in [5.41, 5.74) is 0. The van der Waals surface area contributed by atoms with Crippen molar-refractivity contribution in [3.8, 4) is 0 Å². The van der Waals surface area contributed by atoms with Gasteiger partial charge in [0.05, 0.1) is 13.7 Å². The summed E-state index contributed by atoms with van der Waals surface area (Å²) in [6.07, 6.45) is -0.436. The second-order valence-corrected chi connectivity index (χ2v) is 5.46. The highest BCUT2D eigenvalue weighted by molar-refractivity contribution is 5.85. The highest BCUT2D eigenvalue weighted by Crippen LogP contribution is 2.13. The van der Waals surface area contributed by atoms with Gasteiger partial charge in [-0.3, -0.25) is 14.5 Å². The van der Waals surface area contributed by atoms with Gasteiger partial charge in [0.2, 0.25) is 0 Å². The number of ether oxygens (including phenoxy) is 1. The van der Waals surface area contributed by atoms with Crippen LogP contribution in [0.2, 0.25) is 0 Å². The quantitative estimate of drug-likeness (QED) is 0.701. The summed E-state index contributed by atoms with van der Waals surface area (Å²) >= 11 is 0. The normalized spacial score (nSPS) is 20.1. The molecular weight excluding hydrogens is 262 g/mol. The molecule has 0 N–H and O–H groups in total. The van der Waals surface area contributed by atoms with Crippen molar-refractivity contribution in [2.24, 2.45) is 5.92 Å². The zero-order valence-electron chi connectivity index (χ0n) is 13.0. The smallest absolute Gasteiger partial charge is 0.410 e. The van der Waals surface area contributed by atoms with Crippen LogP contribution in [0.3, 0.4) is 0 Å². The van der Waals surface area contributed by atoms with Crippen molar-refractivity contribution >= 4 is 12.0 Å². The molecule has 0 saturated carbocycles. The molecule has 116 valence electrons. The van der Waals surface area contributed by atoms with Gasteiger partial charge in [-0.1, -0.05) is 13.8 Å². The Balaban J connectivity index is 2.74. The van der Waals surface area contributed by atoms with Crippen LogP contribution in [0.5, 0.6) is 0 Å². The van der Waals surface area contributed by atoms with Crippen molar-refractivity contribution < 1.29 is 19.2 Å². The molecule has 1 aliphatic rings. The van der Waals surface area contributed by atoms with Gasteiger partial charge < -0.3 is 9.64 Å². The van der Waals surface area contributed by atoms with E-state index < -0.39 is 12.1 Å². The second kappa shape index (κ2) is 7.44. The molecule has 0 spiro atoms. The molecule has 1 rings (SSSR count). The van der Waals surface area contributed by atoms with Gasteiger partial charge in [-0.15, -0.1) is 0 Å². The number of amides is 2. The van der Waals surface area contributed by atoms with Gasteiger partial charge in [0.15, 0.2) is 0 Å². The van der Waals surface area contributed by atoms with Crippen molar-refractivity contribution in [1.82, 2.24) is 14.9 Å². The Morgan fingerprint density at radius 1 is 1.35 bits per heavy atom. The summed E-state index contributed by atoms with van der Waals surface area (Å²) in [7, 11) is 4.88. The molecule has 0 aromatic rings. The summed E-state index contributed by atoms with van der Waals surface area (Å²) in [6.45, 7) is 5.96. The lowest BCUT2D eigenvalue weighted by atomic mass is 10.1. The van der Waals surface area contributed by atoms with E-state index in [1.54, 1.807) is 0 Å². The summed E-state index contributed by atoms with van der Waals surface area (Å²) in [6, 6.07) is -0.571. The number of nitrogens with zero attached hydrogens (tertiary/aromatic N) is 3. The van der Waals surface area contributed by atoms with E-state index in [0.717, 1.165) is 11.6 Å². The fourth-order valence-electron chi connectivity index (χ4n) is 1.97. The SMILES string of the molecule is CON(C)C(=O)[C@@H]1CN(C)CCN1C(=O)OCC(C)C. The lowest BCUT2D eigenvalue weighted by molar-refractivity contribution is -0.175. The number of hydrogen-bond donors (Lipinski definition) is 0. The first-order valence-corrected chi connectivity index (χ1v) is 6.80. The number of hydroxylamine groups is 2. The first-order chi connectivity index (χ1) is 9.36. The van der Waals surface area contributed by atoms with E-state index >= 15 is 0 Å². The van der Waals surface area contributed by atoms with Crippen LogP contribution in [0, 0.1) is 5.92 Å². The zero-order valence-corrected chi connectivity index (χ0v) is 13.0. The predicted molar refractivity (Wildman–Crippen MR) is 74.0 cm³/mol. The van der Waals surface area contributed by atoms with Gasteiger partial charge >= 0.3 is 6.09 Å². The highest BCUT2D eigenvalue weighted by Gasteiger charge is 2.37. The van der Waals surface area contributed by atoms with Crippen LogP contribution in [0.1, 0.15) is 13.8 Å². The fraction of sp³-hybridized carbons (Fsp3) is 0.846. The van der Waals surface area contributed by atoms with E-state index in [1.165, 1.54) is 19.1 Å². The number of hydrogen-bond acceptors (Lipinski definition) is 5. The molecule has 0 aliphatic carbocycles. The van der Waals surface area contributed by atoms with Crippen LogP contribution in [0.4, 0.5) is 4.79 Å². The third-order valence-corrected chi connectivity index (χ3v) is 3.23. The average Bonchev–Trinajstić information content (AvgIpc) is 2.42. The summed E-state index contributed by atoms with van der Waals surface area (Å²) in [5.74, 6) is 0.0164. The molecule has 7 heteroatoms. The Morgan fingerprint density at radius 3 is 2.55 bits per heavy atom. The van der Waals surface area contributed by atoms with E-state index in [-0.39, 0.29) is 11.8 Å². The molecule has 20 heavy (non-hydrogen) atoms. The predicted octanol–water partition coefficient (Wildman–Crippen LogP) is 0.415. The fourth-order valence-corrected chi connectivity index (χ4v) is 1.97. The van der Waals surface area contributed by atoms with Crippen molar-refractivity contribution in [3.05, 3.63) is 0 Å². The Labute approximate surface area is 120 Å². The standard InChI is InChI=1S/C13H25N3O4/c1-10(2)9-20-13(18)16-7-6-14(3)8-11(16)12(17)15(4)19-5/h10-11H,6-9H2,1-5H3/t11-/m0/s1. The monoisotopic (exact) mass is 287 g/mol. The highest BCUT2D eigenvalue weighted by atomic mass is 16.7.